The van der Waals surface area contributed by atoms with E-state index in [2.05, 4.69) is 22.7 Å². The quantitative estimate of drug-likeness (QED) is 0.343. The van der Waals surface area contributed by atoms with E-state index in [-0.39, 0.29) is 0 Å². The summed E-state index contributed by atoms with van der Waals surface area (Å²) in [6.45, 7) is 3.46. The van der Waals surface area contributed by atoms with Crippen LogP contribution in [0, 0.1) is 0 Å². The van der Waals surface area contributed by atoms with Gasteiger partial charge in [0.1, 0.15) is 6.04 Å². The Kier molecular flexibility index (Phi) is 1.83. The van der Waals surface area contributed by atoms with Crippen molar-refractivity contribution >= 4 is 24.7 Å². The van der Waals surface area contributed by atoms with Crippen molar-refractivity contribution in [2.75, 3.05) is 0 Å². The summed E-state index contributed by atoms with van der Waals surface area (Å²) in [5, 5.41) is 2.36. The zero-order chi connectivity index (χ0) is 8.65. The maximum absolute atomic E-state index is 10.9. The lowest BCUT2D eigenvalue weighted by molar-refractivity contribution is -0.135. The Balaban J connectivity index is 2.76. The molecule has 1 N–H and O–H groups in total. The van der Waals surface area contributed by atoms with Crippen molar-refractivity contribution in [3.05, 3.63) is 0 Å². The van der Waals surface area contributed by atoms with Crippen LogP contribution in [0.3, 0.4) is 0 Å². The fourth-order valence-corrected chi connectivity index (χ4v) is 0.992. The molecule has 1 rings (SSSR count). The Morgan fingerprint density at radius 1 is 1.55 bits per heavy atom. The lowest BCUT2D eigenvalue weighted by Gasteiger charge is -2.20. The molecule has 1 amide bonds. The summed E-state index contributed by atoms with van der Waals surface area (Å²) >= 11 is 4.13. The number of hydrogen-bond acceptors (Lipinski definition) is 4. The van der Waals surface area contributed by atoms with Crippen molar-refractivity contribution in [2.24, 2.45) is 0 Å². The first-order valence-electron chi connectivity index (χ1n) is 3.16. The van der Waals surface area contributed by atoms with Crippen LogP contribution in [0.15, 0.2) is 0 Å². The van der Waals surface area contributed by atoms with E-state index in [1.165, 1.54) is 0 Å². The number of ether oxygens (including phenoxy) is 1. The van der Waals surface area contributed by atoms with Gasteiger partial charge in [0.05, 0.1) is 0 Å². The molecule has 0 unspecified atom stereocenters. The van der Waals surface area contributed by atoms with Crippen molar-refractivity contribution in [2.45, 2.75) is 24.6 Å². The summed E-state index contributed by atoms with van der Waals surface area (Å²) < 4.78 is 3.68. The van der Waals surface area contributed by atoms with Crippen LogP contribution in [0.4, 0.5) is 4.79 Å². The molecule has 62 valence electrons. The number of nitrogens with one attached hydrogen (secondary N) is 1. The van der Waals surface area contributed by atoms with Crippen molar-refractivity contribution < 1.29 is 14.3 Å². The molecule has 0 spiro atoms. The molecule has 11 heavy (non-hydrogen) atoms. The number of carbonyl (C=O) groups is 2. The topological polar surface area (TPSA) is 55.4 Å². The molecule has 0 aromatic heterocycles. The predicted octanol–water partition coefficient (Wildman–Crippen LogP) is 0.330. The number of rotatable bonds is 1. The minimum atomic E-state index is -0.692. The number of carbonyl (C=O) groups excluding carboxylic acids is 2. The monoisotopic (exact) mass is 175 g/mol. The molecule has 5 heteroatoms. The molecule has 0 aromatic rings. The summed E-state index contributed by atoms with van der Waals surface area (Å²) in [6.07, 6.45) is -0.692. The van der Waals surface area contributed by atoms with Crippen LogP contribution in [0.25, 0.3) is 0 Å². The Morgan fingerprint density at radius 3 is 2.27 bits per heavy atom. The van der Waals surface area contributed by atoms with E-state index < -0.39 is 22.9 Å². The zero-order valence-corrected chi connectivity index (χ0v) is 7.14. The van der Waals surface area contributed by atoms with Crippen LogP contribution in [-0.2, 0) is 9.53 Å². The van der Waals surface area contributed by atoms with Gasteiger partial charge in [-0.15, -0.1) is 0 Å². The molecule has 0 radical (unpaired) electrons. The fraction of sp³-hybridized carbons (Fsp3) is 0.667. The highest BCUT2D eigenvalue weighted by atomic mass is 32.1. The molecular weight excluding hydrogens is 166 g/mol. The number of thiol groups is 1. The second-order valence-corrected chi connectivity index (χ2v) is 4.09. The first kappa shape index (κ1) is 8.39. The van der Waals surface area contributed by atoms with Gasteiger partial charge >= 0.3 is 12.1 Å². The third-order valence-corrected chi connectivity index (χ3v) is 1.66. The molecule has 0 aromatic carbocycles. The molecule has 0 saturated carbocycles. The number of cyclic esters (lactones) is 2. The van der Waals surface area contributed by atoms with Gasteiger partial charge in [0, 0.05) is 4.75 Å². The SMILES string of the molecule is CC(C)(S)[C@H]1NC(=O)OC1=O. The van der Waals surface area contributed by atoms with Gasteiger partial charge in [-0.2, -0.15) is 12.6 Å². The van der Waals surface area contributed by atoms with Crippen molar-refractivity contribution in [3.63, 3.8) is 0 Å². The van der Waals surface area contributed by atoms with E-state index in [4.69, 9.17) is 0 Å². The van der Waals surface area contributed by atoms with Crippen LogP contribution in [0.1, 0.15) is 13.8 Å². The smallest absolute Gasteiger partial charge is 0.375 e. The number of esters is 1. The van der Waals surface area contributed by atoms with E-state index in [1.54, 1.807) is 13.8 Å². The summed E-state index contributed by atoms with van der Waals surface area (Å²) in [5.74, 6) is -0.560. The Bertz CT molecular complexity index is 208. The highest BCUT2D eigenvalue weighted by Crippen LogP contribution is 2.21. The average Bonchev–Trinajstić information content (AvgIpc) is 2.08. The van der Waals surface area contributed by atoms with Gasteiger partial charge in [0.15, 0.2) is 0 Å². The van der Waals surface area contributed by atoms with Crippen LogP contribution in [0.5, 0.6) is 0 Å². The number of hydrogen-bond donors (Lipinski definition) is 2. The second kappa shape index (κ2) is 2.41. The summed E-state index contributed by atoms with van der Waals surface area (Å²) in [5.41, 5.74) is 0. The molecule has 0 aliphatic carbocycles. The lowest BCUT2D eigenvalue weighted by atomic mass is 10.0. The Morgan fingerprint density at radius 2 is 2.09 bits per heavy atom. The first-order valence-corrected chi connectivity index (χ1v) is 3.60. The van der Waals surface area contributed by atoms with Crippen LogP contribution >= 0.6 is 12.6 Å². The Labute approximate surface area is 69.7 Å². The summed E-state index contributed by atoms with van der Waals surface area (Å²) in [7, 11) is 0. The van der Waals surface area contributed by atoms with Crippen molar-refractivity contribution in [3.8, 4) is 0 Å². The minimum absolute atomic E-state index is 0.560. The average molecular weight is 175 g/mol. The molecule has 4 nitrogen and oxygen atoms in total. The van der Waals surface area contributed by atoms with E-state index >= 15 is 0 Å². The number of amides is 1. The van der Waals surface area contributed by atoms with Gasteiger partial charge in [-0.25, -0.2) is 9.59 Å². The van der Waals surface area contributed by atoms with E-state index in [1.807, 2.05) is 0 Å². The molecule has 1 fully saturated rings. The Hall–Kier alpha value is -0.710. The summed E-state index contributed by atoms with van der Waals surface area (Å²) in [4.78, 5) is 21.4. The highest BCUT2D eigenvalue weighted by Gasteiger charge is 2.41. The van der Waals surface area contributed by atoms with E-state index in [0.717, 1.165) is 0 Å². The van der Waals surface area contributed by atoms with Gasteiger partial charge in [0.2, 0.25) is 0 Å². The van der Waals surface area contributed by atoms with Crippen LogP contribution in [-0.4, -0.2) is 22.9 Å². The van der Waals surface area contributed by atoms with Gasteiger partial charge in [-0.1, -0.05) is 0 Å². The van der Waals surface area contributed by atoms with Crippen molar-refractivity contribution in [1.82, 2.24) is 5.32 Å². The largest absolute Gasteiger partial charge is 0.415 e. The van der Waals surface area contributed by atoms with E-state index in [0.29, 0.717) is 0 Å². The third-order valence-electron chi connectivity index (χ3n) is 1.40. The van der Waals surface area contributed by atoms with Gasteiger partial charge < -0.3 is 10.1 Å². The van der Waals surface area contributed by atoms with Gasteiger partial charge in [-0.3, -0.25) is 0 Å². The molecule has 1 atom stereocenters. The minimum Gasteiger partial charge on any atom is -0.375 e. The molecule has 1 aliphatic rings. The molecular formula is C6H9NO3S. The normalized spacial score (nSPS) is 24.8. The maximum atomic E-state index is 10.9. The molecule has 1 aliphatic heterocycles. The lowest BCUT2D eigenvalue weighted by Crippen LogP contribution is -2.43. The number of alkyl carbamates (subject to hydrolysis) is 1. The molecule has 0 bridgehead atoms. The maximum Gasteiger partial charge on any atom is 0.415 e. The second-order valence-electron chi connectivity index (χ2n) is 2.94. The zero-order valence-electron chi connectivity index (χ0n) is 6.25. The van der Waals surface area contributed by atoms with Gasteiger partial charge in [0.25, 0.3) is 0 Å². The molecule has 1 heterocycles. The van der Waals surface area contributed by atoms with Gasteiger partial charge in [-0.05, 0) is 13.8 Å². The van der Waals surface area contributed by atoms with Crippen LogP contribution in [0.2, 0.25) is 0 Å². The van der Waals surface area contributed by atoms with E-state index in [9.17, 15) is 9.59 Å². The third kappa shape index (κ3) is 1.65. The van der Waals surface area contributed by atoms with Crippen LogP contribution < -0.4 is 5.32 Å². The predicted molar refractivity (Wildman–Crippen MR) is 41.5 cm³/mol. The highest BCUT2D eigenvalue weighted by molar-refractivity contribution is 7.81. The first-order chi connectivity index (χ1) is 4.91. The molecule has 1 saturated heterocycles. The summed E-state index contributed by atoms with van der Waals surface area (Å²) in [6, 6.07) is -0.640. The van der Waals surface area contributed by atoms with Crippen molar-refractivity contribution in [1.29, 1.82) is 0 Å². The fourth-order valence-electron chi connectivity index (χ4n) is 0.822. The standard InChI is InChI=1S/C6H9NO3S/c1-6(2,11)3-4(8)10-5(9)7-3/h3,11H,1-2H3,(H,7,9)/t3-/m0/s1.